The van der Waals surface area contributed by atoms with Gasteiger partial charge >= 0.3 is 12.4 Å². The minimum atomic E-state index is -5.09. The molecule has 0 N–H and O–H groups in total. The van der Waals surface area contributed by atoms with Crippen molar-refractivity contribution in [1.29, 1.82) is 5.26 Å². The van der Waals surface area contributed by atoms with Gasteiger partial charge in [-0.15, -0.1) is 0 Å². The summed E-state index contributed by atoms with van der Waals surface area (Å²) in [7, 11) is 0. The Kier molecular flexibility index (Phi) is 17.0. The number of benzene rings is 7. The SMILES string of the molecule is C=C/C(C/C=C(C)\C=C/C)=C(\C/C=C(C)\C=C/C)N(C(=C)/C=C\C)c1cc(C#N)ccc1-c1cc(-c2cc(C(F)(F)F)cc(C(F)(F)F)c2)ccc1-n1c2ccc(-c3ccc(C)cc3)cc2c2cc(-c3ccc(C)cc3)ccc21. The van der Waals surface area contributed by atoms with Crippen LogP contribution in [0.4, 0.5) is 32.0 Å². The predicted octanol–water partition coefficient (Wildman–Crippen LogP) is 21.1. The summed E-state index contributed by atoms with van der Waals surface area (Å²) in [6.07, 6.45) is 8.32. The summed E-state index contributed by atoms with van der Waals surface area (Å²) in [5.41, 5.74) is 11.3. The molecule has 0 saturated heterocycles. The van der Waals surface area contributed by atoms with Crippen LogP contribution in [0.5, 0.6) is 0 Å². The van der Waals surface area contributed by atoms with E-state index in [2.05, 4.69) is 121 Å². The van der Waals surface area contributed by atoms with Crippen LogP contribution in [0.25, 0.3) is 72.0 Å². The highest BCUT2D eigenvalue weighted by molar-refractivity contribution is 6.12. The van der Waals surface area contributed by atoms with Gasteiger partial charge in [-0.3, -0.25) is 0 Å². The highest BCUT2D eigenvalue weighted by atomic mass is 19.4. The maximum absolute atomic E-state index is 14.6. The average Bonchev–Trinajstić information content (AvgIpc) is 3.86. The Morgan fingerprint density at radius 1 is 0.557 bits per heavy atom. The molecular weight excluding hydrogens is 997 g/mol. The fraction of sp³-hybridized carbons (Fsp3) is 0.157. The van der Waals surface area contributed by atoms with Crippen molar-refractivity contribution >= 4 is 27.5 Å². The molecule has 0 unspecified atom stereocenters. The van der Waals surface area contributed by atoms with Crippen molar-refractivity contribution in [2.45, 2.75) is 73.7 Å². The smallest absolute Gasteiger partial charge is 0.314 e. The van der Waals surface area contributed by atoms with E-state index in [1.807, 2.05) is 95.9 Å². The van der Waals surface area contributed by atoms with E-state index in [1.54, 1.807) is 36.4 Å². The number of rotatable bonds is 16. The van der Waals surface area contributed by atoms with E-state index in [9.17, 15) is 31.6 Å². The van der Waals surface area contributed by atoms with Gasteiger partial charge in [-0.05, 0) is 167 Å². The first-order chi connectivity index (χ1) is 37.8. The van der Waals surface area contributed by atoms with E-state index >= 15 is 0 Å². The molecule has 0 radical (unpaired) electrons. The Morgan fingerprint density at radius 2 is 1.04 bits per heavy atom. The minimum absolute atomic E-state index is 0.102. The number of alkyl halides is 6. The first-order valence-electron chi connectivity index (χ1n) is 26.0. The molecule has 8 rings (SSSR count). The van der Waals surface area contributed by atoms with Gasteiger partial charge in [-0.2, -0.15) is 31.6 Å². The molecule has 1 aromatic heterocycles. The fourth-order valence-corrected chi connectivity index (χ4v) is 10.0. The van der Waals surface area contributed by atoms with Gasteiger partial charge in [0.2, 0.25) is 0 Å². The summed E-state index contributed by atoms with van der Waals surface area (Å²) in [5.74, 6) is 0. The zero-order chi connectivity index (χ0) is 56.8. The van der Waals surface area contributed by atoms with Crippen molar-refractivity contribution < 1.29 is 26.3 Å². The fourth-order valence-electron chi connectivity index (χ4n) is 10.0. The number of anilines is 1. The van der Waals surface area contributed by atoms with Gasteiger partial charge in [0.15, 0.2) is 0 Å². The van der Waals surface area contributed by atoms with Crippen LogP contribution in [0.1, 0.15) is 75.3 Å². The second kappa shape index (κ2) is 23.8. The lowest BCUT2D eigenvalue weighted by Crippen LogP contribution is -2.23. The molecule has 0 amide bonds. The third-order valence-corrected chi connectivity index (χ3v) is 14.0. The van der Waals surface area contributed by atoms with E-state index in [4.69, 9.17) is 0 Å². The van der Waals surface area contributed by atoms with Crippen LogP contribution in [0.2, 0.25) is 0 Å². The van der Waals surface area contributed by atoms with E-state index in [0.29, 0.717) is 46.6 Å². The number of halogens is 6. The lowest BCUT2D eigenvalue weighted by atomic mass is 9.92. The summed E-state index contributed by atoms with van der Waals surface area (Å²) in [5, 5.41) is 12.5. The van der Waals surface area contributed by atoms with Crippen molar-refractivity contribution in [3.63, 3.8) is 0 Å². The van der Waals surface area contributed by atoms with Crippen molar-refractivity contribution in [1.82, 2.24) is 4.57 Å². The van der Waals surface area contributed by atoms with Crippen molar-refractivity contribution in [2.24, 2.45) is 0 Å². The van der Waals surface area contributed by atoms with E-state index < -0.39 is 23.5 Å². The quantitative estimate of drug-likeness (QED) is 0.0713. The maximum Gasteiger partial charge on any atom is 0.416 e. The first kappa shape index (κ1) is 56.3. The highest BCUT2D eigenvalue weighted by Gasteiger charge is 2.37. The minimum Gasteiger partial charge on any atom is -0.314 e. The third kappa shape index (κ3) is 12.5. The molecule has 0 aliphatic rings. The second-order valence-electron chi connectivity index (χ2n) is 19.7. The molecule has 9 heteroatoms. The highest BCUT2D eigenvalue weighted by Crippen LogP contribution is 2.47. The summed E-state index contributed by atoms with van der Waals surface area (Å²) in [4.78, 5) is 1.99. The van der Waals surface area contributed by atoms with Gasteiger partial charge in [0, 0.05) is 39.7 Å². The molecule has 3 nitrogen and oxygen atoms in total. The van der Waals surface area contributed by atoms with Crippen LogP contribution < -0.4 is 4.90 Å². The Bertz CT molecular complexity index is 3730. The Morgan fingerprint density at radius 3 is 1.52 bits per heavy atom. The summed E-state index contributed by atoms with van der Waals surface area (Å²) >= 11 is 0. The number of aryl methyl sites for hydroxylation is 2. The van der Waals surface area contributed by atoms with Gasteiger partial charge in [0.1, 0.15) is 0 Å². The van der Waals surface area contributed by atoms with E-state index in [-0.39, 0.29) is 17.2 Å². The summed E-state index contributed by atoms with van der Waals surface area (Å²) in [6.45, 7) is 22.8. The molecule has 1 heterocycles. The summed E-state index contributed by atoms with van der Waals surface area (Å²) < 4.78 is 89.8. The van der Waals surface area contributed by atoms with Crippen molar-refractivity contribution in [3.8, 4) is 56.3 Å². The summed E-state index contributed by atoms with van der Waals surface area (Å²) in [6, 6.07) is 43.3. The molecular formula is C70H61F6N3. The molecule has 79 heavy (non-hydrogen) atoms. The van der Waals surface area contributed by atoms with Crippen LogP contribution in [-0.4, -0.2) is 4.57 Å². The number of aromatic nitrogens is 1. The molecule has 0 aliphatic carbocycles. The van der Waals surface area contributed by atoms with Crippen LogP contribution >= 0.6 is 0 Å². The lowest BCUT2D eigenvalue weighted by molar-refractivity contribution is -0.143. The van der Waals surface area contributed by atoms with Crippen LogP contribution in [-0.2, 0) is 12.4 Å². The first-order valence-corrected chi connectivity index (χ1v) is 26.0. The number of hydrogen-bond donors (Lipinski definition) is 0. The van der Waals surface area contributed by atoms with Crippen LogP contribution in [0.15, 0.2) is 235 Å². The Balaban J connectivity index is 1.53. The van der Waals surface area contributed by atoms with Gasteiger partial charge in [-0.25, -0.2) is 0 Å². The van der Waals surface area contributed by atoms with Crippen LogP contribution in [0.3, 0.4) is 0 Å². The standard InChI is InChI=1S/C70H61F6N3/c1-10-14-45(5)17-24-51(13-4)64(33-22-46(6)15-11-2)78(49(9)16-12-3)68-37-50(44-77)23-32-60(68)61-42-56(57-38-58(69(71,72)73)43-59(39-57)70(74,75)76)31-36-65(61)79-66-34-29-54(52-25-18-47(7)19-26-52)40-62(66)63-41-55(30-35-67(63)79)53-27-20-48(8)21-28-53/h10-23,25-32,34-43H,4,9,24,33H2,1-3,5-8H3/b14-10-,15-11-,16-12-,45-17-,46-22-,64-51-. The average molecular weight is 1060 g/mol. The Labute approximate surface area is 459 Å². The normalized spacial score (nSPS) is 13.0. The number of nitriles is 1. The zero-order valence-electron chi connectivity index (χ0n) is 45.4. The predicted molar refractivity (Wildman–Crippen MR) is 317 cm³/mol. The number of hydrogen-bond acceptors (Lipinski definition) is 2. The molecule has 0 atom stereocenters. The molecule has 7 aromatic carbocycles. The third-order valence-electron chi connectivity index (χ3n) is 14.0. The van der Waals surface area contributed by atoms with Crippen LogP contribution in [0, 0.1) is 25.2 Å². The molecule has 0 fully saturated rings. The molecule has 0 bridgehead atoms. The zero-order valence-corrected chi connectivity index (χ0v) is 45.4. The van der Waals surface area contributed by atoms with Gasteiger partial charge < -0.3 is 9.47 Å². The maximum atomic E-state index is 14.6. The topological polar surface area (TPSA) is 32.0 Å². The molecule has 0 saturated carbocycles. The molecule has 398 valence electrons. The number of nitrogens with zero attached hydrogens (tertiary/aromatic N) is 3. The molecule has 0 spiro atoms. The van der Waals surface area contributed by atoms with Gasteiger partial charge in [-0.1, -0.05) is 157 Å². The lowest BCUT2D eigenvalue weighted by Gasteiger charge is -2.32. The van der Waals surface area contributed by atoms with Crippen molar-refractivity contribution in [2.75, 3.05) is 4.90 Å². The van der Waals surface area contributed by atoms with Crippen molar-refractivity contribution in [3.05, 3.63) is 263 Å². The molecule has 0 aliphatic heterocycles. The molecule has 8 aromatic rings. The van der Waals surface area contributed by atoms with E-state index in [1.165, 1.54) is 0 Å². The van der Waals surface area contributed by atoms with E-state index in [0.717, 1.165) is 89.7 Å². The van der Waals surface area contributed by atoms with Gasteiger partial charge in [0.05, 0.1) is 45.2 Å². The monoisotopic (exact) mass is 1060 g/mol. The van der Waals surface area contributed by atoms with Gasteiger partial charge in [0.25, 0.3) is 0 Å². The largest absolute Gasteiger partial charge is 0.416 e. The number of fused-ring (bicyclic) bond motifs is 3. The second-order valence-corrected chi connectivity index (χ2v) is 19.7. The Hall–Kier alpha value is -8.87. The number of allylic oxidation sites excluding steroid dienone is 12.